The summed E-state index contributed by atoms with van der Waals surface area (Å²) in [5.74, 6) is 2.52. The summed E-state index contributed by atoms with van der Waals surface area (Å²) in [5.41, 5.74) is 1.13. The molecule has 0 bridgehead atoms. The smallest absolute Gasteiger partial charge is 0.191 e. The van der Waals surface area contributed by atoms with Crippen molar-refractivity contribution in [3.8, 4) is 0 Å². The van der Waals surface area contributed by atoms with Gasteiger partial charge in [0.15, 0.2) is 5.96 Å². The van der Waals surface area contributed by atoms with Crippen LogP contribution in [0.25, 0.3) is 0 Å². The number of guanidine groups is 1. The molecule has 1 aromatic rings. The van der Waals surface area contributed by atoms with Crippen molar-refractivity contribution in [3.05, 3.63) is 23.9 Å². The zero-order valence-corrected chi connectivity index (χ0v) is 18.6. The number of pyridine rings is 1. The van der Waals surface area contributed by atoms with Crippen molar-refractivity contribution in [2.45, 2.75) is 52.0 Å². The highest BCUT2D eigenvalue weighted by Crippen LogP contribution is 2.17. The quantitative estimate of drug-likeness (QED) is 0.346. The van der Waals surface area contributed by atoms with E-state index in [1.807, 2.05) is 6.20 Å². The molecule has 30 heavy (non-hydrogen) atoms. The zero-order valence-electron chi connectivity index (χ0n) is 18.6. The first-order chi connectivity index (χ1) is 14.8. The molecule has 2 N–H and O–H groups in total. The molecule has 2 aliphatic rings. The van der Waals surface area contributed by atoms with E-state index >= 15 is 0 Å². The molecule has 2 fully saturated rings. The van der Waals surface area contributed by atoms with Gasteiger partial charge in [0.25, 0.3) is 0 Å². The number of nitrogens with zero attached hydrogens (tertiary/aromatic N) is 3. The summed E-state index contributed by atoms with van der Waals surface area (Å²) in [6.07, 6.45) is 9.27. The number of nitrogens with one attached hydrogen (secondary N) is 2. The zero-order chi connectivity index (χ0) is 20.9. The maximum atomic E-state index is 5.77. The Morgan fingerprint density at radius 2 is 2.10 bits per heavy atom. The molecular weight excluding hydrogens is 378 g/mol. The van der Waals surface area contributed by atoms with Crippen molar-refractivity contribution >= 4 is 11.8 Å². The van der Waals surface area contributed by atoms with Gasteiger partial charge in [0, 0.05) is 51.5 Å². The second kappa shape index (κ2) is 13.4. The average molecular weight is 418 g/mol. The lowest BCUT2D eigenvalue weighted by Gasteiger charge is -2.21. The van der Waals surface area contributed by atoms with Crippen LogP contribution in [0.3, 0.4) is 0 Å². The van der Waals surface area contributed by atoms with Crippen LogP contribution in [-0.4, -0.2) is 63.6 Å². The molecule has 168 valence electrons. The minimum atomic E-state index is 0.580. The van der Waals surface area contributed by atoms with Crippen molar-refractivity contribution < 1.29 is 9.47 Å². The van der Waals surface area contributed by atoms with Gasteiger partial charge < -0.3 is 25.0 Å². The fraction of sp³-hybridized carbons (Fsp3) is 0.739. The number of aromatic nitrogens is 1. The molecule has 2 aliphatic heterocycles. The van der Waals surface area contributed by atoms with Crippen molar-refractivity contribution in [1.29, 1.82) is 0 Å². The van der Waals surface area contributed by atoms with Gasteiger partial charge in [-0.2, -0.15) is 0 Å². The lowest BCUT2D eigenvalue weighted by atomic mass is 10.1. The van der Waals surface area contributed by atoms with Crippen LogP contribution in [0, 0.1) is 5.92 Å². The summed E-state index contributed by atoms with van der Waals surface area (Å²) in [6.45, 7) is 9.96. The molecule has 1 atom stereocenters. The maximum Gasteiger partial charge on any atom is 0.191 e. The first kappa shape index (κ1) is 22.8. The normalized spacial score (nSPS) is 20.2. The van der Waals surface area contributed by atoms with Crippen LogP contribution in [0.4, 0.5) is 5.82 Å². The molecule has 3 heterocycles. The van der Waals surface area contributed by atoms with E-state index in [1.54, 1.807) is 0 Å². The largest absolute Gasteiger partial charge is 0.381 e. The third-order valence-corrected chi connectivity index (χ3v) is 5.64. The minimum absolute atomic E-state index is 0.580. The Balaban J connectivity index is 1.37. The van der Waals surface area contributed by atoms with Crippen LogP contribution in [0.2, 0.25) is 0 Å². The molecule has 0 radical (unpaired) electrons. The summed E-state index contributed by atoms with van der Waals surface area (Å²) in [7, 11) is 0. The Bertz CT molecular complexity index is 609. The molecule has 7 nitrogen and oxygen atoms in total. The summed E-state index contributed by atoms with van der Waals surface area (Å²) < 4.78 is 11.1. The molecule has 0 spiro atoms. The Labute approximate surface area is 181 Å². The first-order valence-corrected chi connectivity index (χ1v) is 11.7. The lowest BCUT2D eigenvalue weighted by molar-refractivity contribution is 0.0888. The SMILES string of the molecule is CCNC(=NCc1ccc(N2CCCCCC2)nc1)NCCCOCC1CCOC1. The standard InChI is InChI=1S/C23H39N5O2/c1-2-24-23(25-11-7-14-29-18-21-10-15-30-19-21)27-17-20-8-9-22(26-16-20)28-12-5-3-4-6-13-28/h8-9,16,21H,2-7,10-15,17-19H2,1H3,(H2,24,25,27). The lowest BCUT2D eigenvalue weighted by Crippen LogP contribution is -2.38. The van der Waals surface area contributed by atoms with E-state index in [0.29, 0.717) is 12.5 Å². The van der Waals surface area contributed by atoms with Gasteiger partial charge in [-0.05, 0) is 44.2 Å². The van der Waals surface area contributed by atoms with E-state index in [4.69, 9.17) is 14.5 Å². The van der Waals surface area contributed by atoms with Gasteiger partial charge in [0.05, 0.1) is 19.8 Å². The average Bonchev–Trinajstić information content (AvgIpc) is 3.14. The molecule has 0 saturated carbocycles. The van der Waals surface area contributed by atoms with Crippen molar-refractivity contribution in [2.24, 2.45) is 10.9 Å². The van der Waals surface area contributed by atoms with Crippen LogP contribution in [0.1, 0.15) is 51.0 Å². The van der Waals surface area contributed by atoms with Crippen molar-refractivity contribution in [3.63, 3.8) is 0 Å². The van der Waals surface area contributed by atoms with E-state index in [9.17, 15) is 0 Å². The molecule has 1 aromatic heterocycles. The van der Waals surface area contributed by atoms with E-state index in [-0.39, 0.29) is 0 Å². The van der Waals surface area contributed by atoms with Crippen LogP contribution in [0.5, 0.6) is 0 Å². The Kier molecular flexibility index (Phi) is 10.2. The fourth-order valence-electron chi connectivity index (χ4n) is 3.85. The first-order valence-electron chi connectivity index (χ1n) is 11.7. The van der Waals surface area contributed by atoms with Gasteiger partial charge in [-0.25, -0.2) is 9.98 Å². The summed E-state index contributed by atoms with van der Waals surface area (Å²) >= 11 is 0. The molecule has 0 aliphatic carbocycles. The van der Waals surface area contributed by atoms with Gasteiger partial charge >= 0.3 is 0 Å². The molecule has 2 saturated heterocycles. The minimum Gasteiger partial charge on any atom is -0.381 e. The highest BCUT2D eigenvalue weighted by molar-refractivity contribution is 5.79. The van der Waals surface area contributed by atoms with Crippen LogP contribution < -0.4 is 15.5 Å². The fourth-order valence-corrected chi connectivity index (χ4v) is 3.85. The highest BCUT2D eigenvalue weighted by atomic mass is 16.5. The summed E-state index contributed by atoms with van der Waals surface area (Å²) in [4.78, 5) is 11.8. The Morgan fingerprint density at radius 1 is 1.23 bits per heavy atom. The molecule has 7 heteroatoms. The van der Waals surface area contributed by atoms with E-state index in [2.05, 4.69) is 39.6 Å². The van der Waals surface area contributed by atoms with Crippen molar-refractivity contribution in [2.75, 3.05) is 57.5 Å². The number of rotatable bonds is 10. The number of ether oxygens (including phenoxy) is 2. The van der Waals surface area contributed by atoms with Gasteiger partial charge in [0.2, 0.25) is 0 Å². The Hall–Kier alpha value is -1.86. The number of hydrogen-bond donors (Lipinski definition) is 2. The van der Waals surface area contributed by atoms with Crippen molar-refractivity contribution in [1.82, 2.24) is 15.6 Å². The molecule has 1 unspecified atom stereocenters. The predicted octanol–water partition coefficient (Wildman–Crippen LogP) is 2.96. The highest BCUT2D eigenvalue weighted by Gasteiger charge is 2.15. The Morgan fingerprint density at radius 3 is 2.80 bits per heavy atom. The third kappa shape index (κ3) is 8.11. The van der Waals surface area contributed by atoms with Crippen LogP contribution in [0.15, 0.2) is 23.3 Å². The van der Waals surface area contributed by atoms with Gasteiger partial charge in [-0.3, -0.25) is 0 Å². The van der Waals surface area contributed by atoms with E-state index in [1.165, 1.54) is 25.7 Å². The van der Waals surface area contributed by atoms with Gasteiger partial charge in [-0.15, -0.1) is 0 Å². The summed E-state index contributed by atoms with van der Waals surface area (Å²) in [6, 6.07) is 4.30. The maximum absolute atomic E-state index is 5.77. The monoisotopic (exact) mass is 417 g/mol. The molecule has 0 amide bonds. The number of hydrogen-bond acceptors (Lipinski definition) is 5. The van der Waals surface area contributed by atoms with E-state index in [0.717, 1.165) is 82.8 Å². The second-order valence-corrected chi connectivity index (χ2v) is 8.21. The van der Waals surface area contributed by atoms with Gasteiger partial charge in [-0.1, -0.05) is 18.9 Å². The third-order valence-electron chi connectivity index (χ3n) is 5.64. The molecule has 3 rings (SSSR count). The number of anilines is 1. The summed E-state index contributed by atoms with van der Waals surface area (Å²) in [5, 5.41) is 6.71. The molecular formula is C23H39N5O2. The number of aliphatic imine (C=N–C) groups is 1. The van der Waals surface area contributed by atoms with Gasteiger partial charge in [0.1, 0.15) is 5.82 Å². The van der Waals surface area contributed by atoms with Crippen LogP contribution >= 0.6 is 0 Å². The second-order valence-electron chi connectivity index (χ2n) is 8.21. The predicted molar refractivity (Wildman–Crippen MR) is 122 cm³/mol. The topological polar surface area (TPSA) is 71.0 Å². The van der Waals surface area contributed by atoms with Crippen LogP contribution in [-0.2, 0) is 16.0 Å². The molecule has 0 aromatic carbocycles. The van der Waals surface area contributed by atoms with E-state index < -0.39 is 0 Å².